The van der Waals surface area contributed by atoms with Crippen molar-refractivity contribution in [1.29, 1.82) is 0 Å². The van der Waals surface area contributed by atoms with E-state index < -0.39 is 0 Å². The molecule has 0 saturated heterocycles. The average Bonchev–Trinajstić information content (AvgIpc) is 2.81. The van der Waals surface area contributed by atoms with Crippen LogP contribution < -0.4 is 0 Å². The van der Waals surface area contributed by atoms with E-state index in [-0.39, 0.29) is 18.2 Å². The summed E-state index contributed by atoms with van der Waals surface area (Å²) >= 11 is 0. The summed E-state index contributed by atoms with van der Waals surface area (Å²) in [5, 5.41) is 10.0. The maximum Gasteiger partial charge on any atom is 0.334 e. The lowest BCUT2D eigenvalue weighted by Crippen LogP contribution is -2.07. The van der Waals surface area contributed by atoms with Gasteiger partial charge in [0.1, 0.15) is 6.10 Å². The molecule has 0 radical (unpaired) electrons. The molecular weight excluding hydrogens is 288 g/mol. The number of aliphatic hydroxyl groups excluding tert-OH is 1. The van der Waals surface area contributed by atoms with Gasteiger partial charge in [0.2, 0.25) is 0 Å². The molecule has 3 nitrogen and oxygen atoms in total. The number of aliphatic hydroxyl groups is 1. The van der Waals surface area contributed by atoms with Crippen LogP contribution in [-0.2, 0) is 9.53 Å². The molecule has 0 bridgehead atoms. The molecule has 0 aromatic heterocycles. The number of esters is 1. The van der Waals surface area contributed by atoms with Crippen molar-refractivity contribution in [3.63, 3.8) is 0 Å². The first kappa shape index (κ1) is 19.4. The summed E-state index contributed by atoms with van der Waals surface area (Å²) in [4.78, 5) is 11.3. The van der Waals surface area contributed by atoms with E-state index >= 15 is 0 Å². The molecule has 0 aromatic carbocycles. The van der Waals surface area contributed by atoms with Crippen molar-refractivity contribution >= 4 is 5.97 Å². The minimum atomic E-state index is -0.389. The van der Waals surface area contributed by atoms with Crippen LogP contribution in [0.25, 0.3) is 0 Å². The number of hydrogen-bond donors (Lipinski definition) is 1. The Kier molecular flexibility index (Phi) is 8.04. The standard InChI is InChI=1S/C20H30O3/c1-14(2)9-12-19(21)16(4)8-6-7-15(3)10-11-18-13-17(5)20(22)23-18/h8-10,13,18-19,21H,6-7,11-12H2,1-5H3/b15-10+,16-8+. The van der Waals surface area contributed by atoms with Crippen molar-refractivity contribution in [2.75, 3.05) is 0 Å². The van der Waals surface area contributed by atoms with Gasteiger partial charge in [-0.25, -0.2) is 4.79 Å². The summed E-state index contributed by atoms with van der Waals surface area (Å²) in [7, 11) is 0. The van der Waals surface area contributed by atoms with Gasteiger partial charge in [-0.3, -0.25) is 0 Å². The smallest absolute Gasteiger partial charge is 0.334 e. The molecule has 1 aliphatic rings. The molecule has 1 aliphatic heterocycles. The summed E-state index contributed by atoms with van der Waals surface area (Å²) in [5.74, 6) is -0.204. The van der Waals surface area contributed by atoms with Crippen LogP contribution in [0.1, 0.15) is 60.3 Å². The summed E-state index contributed by atoms with van der Waals surface area (Å²) < 4.78 is 5.22. The van der Waals surface area contributed by atoms with E-state index in [4.69, 9.17) is 4.74 Å². The molecule has 0 aliphatic carbocycles. The fourth-order valence-electron chi connectivity index (χ4n) is 2.34. The predicted molar refractivity (Wildman–Crippen MR) is 95.1 cm³/mol. The third-order valence-electron chi connectivity index (χ3n) is 3.99. The molecule has 0 fully saturated rings. The topological polar surface area (TPSA) is 46.5 Å². The fourth-order valence-corrected chi connectivity index (χ4v) is 2.34. The fraction of sp³-hybridized carbons (Fsp3) is 0.550. The van der Waals surface area contributed by atoms with Crippen LogP contribution in [0.15, 0.2) is 46.6 Å². The predicted octanol–water partition coefficient (Wildman–Crippen LogP) is 4.64. The van der Waals surface area contributed by atoms with Crippen LogP contribution in [0.5, 0.6) is 0 Å². The number of carbonyl (C=O) groups is 1. The van der Waals surface area contributed by atoms with Crippen molar-refractivity contribution in [2.24, 2.45) is 0 Å². The molecule has 3 heteroatoms. The molecule has 128 valence electrons. The van der Waals surface area contributed by atoms with Gasteiger partial charge in [0, 0.05) is 12.0 Å². The van der Waals surface area contributed by atoms with Crippen LogP contribution >= 0.6 is 0 Å². The normalized spacial score (nSPS) is 20.2. The van der Waals surface area contributed by atoms with E-state index in [9.17, 15) is 9.90 Å². The Bertz CT molecular complexity index is 531. The zero-order valence-electron chi connectivity index (χ0n) is 15.1. The zero-order valence-corrected chi connectivity index (χ0v) is 15.1. The van der Waals surface area contributed by atoms with E-state index in [0.29, 0.717) is 12.0 Å². The summed E-state index contributed by atoms with van der Waals surface area (Å²) in [6, 6.07) is 0. The van der Waals surface area contributed by atoms with Crippen LogP contribution in [-0.4, -0.2) is 23.3 Å². The van der Waals surface area contributed by atoms with E-state index in [1.165, 1.54) is 11.1 Å². The zero-order chi connectivity index (χ0) is 17.4. The maximum absolute atomic E-state index is 11.3. The lowest BCUT2D eigenvalue weighted by atomic mass is 10.0. The number of cyclic esters (lactones) is 1. The van der Waals surface area contributed by atoms with Gasteiger partial charge in [-0.1, -0.05) is 29.4 Å². The van der Waals surface area contributed by atoms with E-state index in [0.717, 1.165) is 24.8 Å². The molecule has 23 heavy (non-hydrogen) atoms. The average molecular weight is 318 g/mol. The number of rotatable bonds is 8. The van der Waals surface area contributed by atoms with Gasteiger partial charge in [0.25, 0.3) is 0 Å². The lowest BCUT2D eigenvalue weighted by Gasteiger charge is -2.09. The van der Waals surface area contributed by atoms with Gasteiger partial charge in [-0.2, -0.15) is 0 Å². The second-order valence-corrected chi connectivity index (χ2v) is 6.60. The van der Waals surface area contributed by atoms with Crippen molar-refractivity contribution in [3.8, 4) is 0 Å². The minimum Gasteiger partial charge on any atom is -0.454 e. The third kappa shape index (κ3) is 7.47. The molecule has 0 aromatic rings. The van der Waals surface area contributed by atoms with E-state index in [2.05, 4.69) is 25.2 Å². The number of ether oxygens (including phenoxy) is 1. The highest BCUT2D eigenvalue weighted by molar-refractivity contribution is 5.90. The first-order valence-corrected chi connectivity index (χ1v) is 8.32. The summed E-state index contributed by atoms with van der Waals surface area (Å²) in [6.45, 7) is 9.94. The molecule has 1 rings (SSSR count). The van der Waals surface area contributed by atoms with Crippen molar-refractivity contribution < 1.29 is 14.6 Å². The second kappa shape index (κ2) is 9.51. The molecule has 1 heterocycles. The summed E-state index contributed by atoms with van der Waals surface area (Å²) in [5.41, 5.74) is 4.23. The highest BCUT2D eigenvalue weighted by atomic mass is 16.5. The number of allylic oxidation sites excluding steroid dienone is 3. The summed E-state index contributed by atoms with van der Waals surface area (Å²) in [6.07, 6.45) is 11.0. The van der Waals surface area contributed by atoms with E-state index in [1.54, 1.807) is 6.92 Å². The third-order valence-corrected chi connectivity index (χ3v) is 3.99. The van der Waals surface area contributed by atoms with Gasteiger partial charge in [-0.15, -0.1) is 0 Å². The van der Waals surface area contributed by atoms with Crippen LogP contribution in [0.4, 0.5) is 0 Å². The highest BCUT2D eigenvalue weighted by Gasteiger charge is 2.20. The molecule has 2 unspecified atom stereocenters. The molecule has 2 atom stereocenters. The van der Waals surface area contributed by atoms with Crippen LogP contribution in [0, 0.1) is 0 Å². The molecule has 0 amide bonds. The first-order valence-electron chi connectivity index (χ1n) is 8.32. The number of carbonyl (C=O) groups excluding carboxylic acids is 1. The lowest BCUT2D eigenvalue weighted by molar-refractivity contribution is -0.139. The molecule has 0 saturated carbocycles. The Balaban J connectivity index is 2.36. The maximum atomic E-state index is 11.3. The van der Waals surface area contributed by atoms with Gasteiger partial charge in [0.05, 0.1) is 6.10 Å². The minimum absolute atomic E-state index is 0.111. The molecular formula is C20H30O3. The highest BCUT2D eigenvalue weighted by Crippen LogP contribution is 2.18. The van der Waals surface area contributed by atoms with Crippen molar-refractivity contribution in [2.45, 2.75) is 72.5 Å². The van der Waals surface area contributed by atoms with Crippen molar-refractivity contribution in [1.82, 2.24) is 0 Å². The molecule has 0 spiro atoms. The van der Waals surface area contributed by atoms with Crippen molar-refractivity contribution in [3.05, 3.63) is 46.6 Å². The Morgan fingerprint density at radius 3 is 2.52 bits per heavy atom. The monoisotopic (exact) mass is 318 g/mol. The Morgan fingerprint density at radius 2 is 1.96 bits per heavy atom. The quantitative estimate of drug-likeness (QED) is 0.524. The van der Waals surface area contributed by atoms with Gasteiger partial charge < -0.3 is 9.84 Å². The Morgan fingerprint density at radius 1 is 1.26 bits per heavy atom. The second-order valence-electron chi connectivity index (χ2n) is 6.60. The van der Waals surface area contributed by atoms with Crippen LogP contribution in [0.2, 0.25) is 0 Å². The van der Waals surface area contributed by atoms with Gasteiger partial charge >= 0.3 is 5.97 Å². The molecule has 1 N–H and O–H groups in total. The van der Waals surface area contributed by atoms with Crippen LogP contribution in [0.3, 0.4) is 0 Å². The Labute approximate surface area is 140 Å². The van der Waals surface area contributed by atoms with Gasteiger partial charge in [0.15, 0.2) is 0 Å². The number of hydrogen-bond acceptors (Lipinski definition) is 3. The van der Waals surface area contributed by atoms with Gasteiger partial charge in [-0.05, 0) is 65.5 Å². The SMILES string of the molecule is CC(C)=CCC(O)/C(C)=C/CC/C(C)=C/CC1C=C(C)C(=O)O1. The largest absolute Gasteiger partial charge is 0.454 e. The first-order chi connectivity index (χ1) is 10.8. The Hall–Kier alpha value is -1.61. The van der Waals surface area contributed by atoms with E-state index in [1.807, 2.05) is 26.8 Å².